The van der Waals surface area contributed by atoms with Crippen molar-refractivity contribution < 1.29 is 13.5 Å². The fourth-order valence-electron chi connectivity index (χ4n) is 1.90. The fraction of sp³-hybridized carbons (Fsp3) is 1.00. The largest absolute Gasteiger partial charge is 0.395 e. The summed E-state index contributed by atoms with van der Waals surface area (Å²) in [5, 5.41) is 8.56. The summed E-state index contributed by atoms with van der Waals surface area (Å²) in [5.41, 5.74) is 0. The van der Waals surface area contributed by atoms with E-state index in [0.717, 1.165) is 25.0 Å². The van der Waals surface area contributed by atoms with Gasteiger partial charge in [-0.2, -0.15) is 11.8 Å². The van der Waals surface area contributed by atoms with Crippen LogP contribution in [0.15, 0.2) is 0 Å². The number of hydrogen-bond acceptors (Lipinski definition) is 4. The Balaban J connectivity index is 2.59. The van der Waals surface area contributed by atoms with Gasteiger partial charge in [0.1, 0.15) is 0 Å². The lowest BCUT2D eigenvalue weighted by atomic mass is 10.3. The Hall–Kier alpha value is 0.220. The second kappa shape index (κ2) is 6.23. The van der Waals surface area contributed by atoms with Gasteiger partial charge in [0.2, 0.25) is 10.0 Å². The second-order valence-corrected chi connectivity index (χ2v) is 7.83. The van der Waals surface area contributed by atoms with Crippen molar-refractivity contribution >= 4 is 21.8 Å². The molecular weight excluding hydrogens is 246 g/mol. The zero-order chi connectivity index (χ0) is 12.2. The molecule has 0 amide bonds. The van der Waals surface area contributed by atoms with E-state index in [9.17, 15) is 8.42 Å². The predicted molar refractivity (Wildman–Crippen MR) is 68.2 cm³/mol. The first-order valence-corrected chi connectivity index (χ1v) is 8.34. The first kappa shape index (κ1) is 14.3. The number of aliphatic hydroxyl groups is 1. The van der Waals surface area contributed by atoms with E-state index in [2.05, 4.69) is 11.6 Å². The van der Waals surface area contributed by atoms with E-state index >= 15 is 0 Å². The van der Waals surface area contributed by atoms with Crippen LogP contribution in [0.25, 0.3) is 0 Å². The Kier molecular flexibility index (Phi) is 5.56. The van der Waals surface area contributed by atoms with E-state index in [4.69, 9.17) is 5.11 Å². The van der Waals surface area contributed by atoms with Gasteiger partial charge in [0.15, 0.2) is 0 Å². The van der Waals surface area contributed by atoms with Crippen molar-refractivity contribution in [3.05, 3.63) is 0 Å². The Morgan fingerprint density at radius 1 is 1.50 bits per heavy atom. The highest BCUT2D eigenvalue weighted by Gasteiger charge is 2.32. The van der Waals surface area contributed by atoms with Gasteiger partial charge >= 0.3 is 0 Å². The van der Waals surface area contributed by atoms with E-state index in [0.29, 0.717) is 5.25 Å². The summed E-state index contributed by atoms with van der Waals surface area (Å²) in [6.07, 6.45) is 3.08. The minimum Gasteiger partial charge on any atom is -0.395 e. The van der Waals surface area contributed by atoms with Crippen molar-refractivity contribution in [2.24, 2.45) is 0 Å². The minimum atomic E-state index is -3.36. The van der Waals surface area contributed by atoms with E-state index in [1.807, 2.05) is 11.8 Å². The highest BCUT2D eigenvalue weighted by Crippen LogP contribution is 2.30. The van der Waals surface area contributed by atoms with Crippen LogP contribution in [0.1, 0.15) is 33.1 Å². The van der Waals surface area contributed by atoms with Crippen molar-refractivity contribution in [3.8, 4) is 0 Å². The van der Waals surface area contributed by atoms with Gasteiger partial charge in [-0.15, -0.1) is 0 Å². The van der Waals surface area contributed by atoms with Crippen LogP contribution in [0.5, 0.6) is 0 Å². The lowest BCUT2D eigenvalue weighted by molar-refractivity contribution is 0.294. The minimum absolute atomic E-state index is 0.0453. The van der Waals surface area contributed by atoms with Crippen LogP contribution >= 0.6 is 11.8 Å². The van der Waals surface area contributed by atoms with Gasteiger partial charge in [-0.1, -0.05) is 13.3 Å². The number of rotatable bonds is 6. The molecule has 96 valence electrons. The molecule has 16 heavy (non-hydrogen) atoms. The Morgan fingerprint density at radius 2 is 2.19 bits per heavy atom. The van der Waals surface area contributed by atoms with Crippen molar-refractivity contribution in [2.75, 3.05) is 12.4 Å². The summed E-state index contributed by atoms with van der Waals surface area (Å²) in [4.78, 5) is 0. The van der Waals surface area contributed by atoms with Gasteiger partial charge in [-0.3, -0.25) is 0 Å². The van der Waals surface area contributed by atoms with E-state index in [1.165, 1.54) is 6.92 Å². The summed E-state index contributed by atoms with van der Waals surface area (Å²) >= 11 is 1.82. The van der Waals surface area contributed by atoms with Gasteiger partial charge in [-0.25, -0.2) is 13.1 Å². The average molecular weight is 267 g/mol. The molecule has 0 saturated heterocycles. The zero-order valence-corrected chi connectivity index (χ0v) is 11.5. The average Bonchev–Trinajstić information content (AvgIpc) is 2.64. The first-order chi connectivity index (χ1) is 7.51. The van der Waals surface area contributed by atoms with Gasteiger partial charge in [0.05, 0.1) is 11.9 Å². The Labute approximate surface area is 102 Å². The number of hydrogen-bond donors (Lipinski definition) is 2. The Bertz CT molecular complexity index is 305. The highest BCUT2D eigenvalue weighted by atomic mass is 32.2. The summed E-state index contributed by atoms with van der Waals surface area (Å²) < 4.78 is 26.3. The summed E-state index contributed by atoms with van der Waals surface area (Å²) in [6, 6.07) is 0.0453. The third-order valence-electron chi connectivity index (χ3n) is 2.94. The smallest absolute Gasteiger partial charge is 0.216 e. The molecule has 3 unspecified atom stereocenters. The number of thioether (sulfide) groups is 1. The summed E-state index contributed by atoms with van der Waals surface area (Å²) in [6.45, 7) is 3.29. The highest BCUT2D eigenvalue weighted by molar-refractivity contribution is 8.00. The SMILES string of the molecule is CCSC1CCCC1NS(=O)(=O)C(C)CO. The first-order valence-electron chi connectivity index (χ1n) is 5.74. The van der Waals surface area contributed by atoms with E-state index < -0.39 is 15.3 Å². The molecule has 1 fully saturated rings. The molecule has 0 spiro atoms. The van der Waals surface area contributed by atoms with Crippen LogP contribution in [-0.4, -0.2) is 42.4 Å². The van der Waals surface area contributed by atoms with E-state index in [-0.39, 0.29) is 12.6 Å². The van der Waals surface area contributed by atoms with Crippen molar-refractivity contribution in [2.45, 2.75) is 49.7 Å². The van der Waals surface area contributed by atoms with Crippen molar-refractivity contribution in [3.63, 3.8) is 0 Å². The summed E-state index contributed by atoms with van der Waals surface area (Å²) in [7, 11) is -3.36. The van der Waals surface area contributed by atoms with E-state index in [1.54, 1.807) is 0 Å². The fourth-order valence-corrected chi connectivity index (χ4v) is 4.32. The standard InChI is InChI=1S/C10H21NO3S2/c1-3-15-10-6-4-5-9(10)11-16(13,14)8(2)7-12/h8-12H,3-7H2,1-2H3. The third-order valence-corrected chi connectivity index (χ3v) is 6.10. The topological polar surface area (TPSA) is 66.4 Å². The van der Waals surface area contributed by atoms with Crippen molar-refractivity contribution in [1.29, 1.82) is 0 Å². The normalized spacial score (nSPS) is 28.2. The molecule has 0 aromatic carbocycles. The maximum absolute atomic E-state index is 11.8. The molecule has 0 radical (unpaired) electrons. The maximum atomic E-state index is 11.8. The van der Waals surface area contributed by atoms with Crippen LogP contribution in [0.3, 0.4) is 0 Å². The quantitative estimate of drug-likeness (QED) is 0.752. The monoisotopic (exact) mass is 267 g/mol. The van der Waals surface area contributed by atoms with Crippen LogP contribution in [0, 0.1) is 0 Å². The number of aliphatic hydroxyl groups excluding tert-OH is 1. The summed E-state index contributed by atoms with van der Waals surface area (Å²) in [5.74, 6) is 1.01. The number of sulfonamides is 1. The molecule has 0 aromatic rings. The van der Waals surface area contributed by atoms with Crippen LogP contribution in [-0.2, 0) is 10.0 Å². The molecule has 4 nitrogen and oxygen atoms in total. The maximum Gasteiger partial charge on any atom is 0.216 e. The molecule has 0 heterocycles. The predicted octanol–water partition coefficient (Wildman–Crippen LogP) is 0.961. The van der Waals surface area contributed by atoms with Gasteiger partial charge in [0, 0.05) is 11.3 Å². The zero-order valence-electron chi connectivity index (χ0n) is 9.85. The molecule has 2 N–H and O–H groups in total. The molecule has 0 aliphatic heterocycles. The molecule has 6 heteroatoms. The Morgan fingerprint density at radius 3 is 2.75 bits per heavy atom. The molecule has 1 aliphatic carbocycles. The van der Waals surface area contributed by atoms with Gasteiger partial charge in [-0.05, 0) is 25.5 Å². The second-order valence-electron chi connectivity index (χ2n) is 4.19. The molecule has 0 bridgehead atoms. The third kappa shape index (κ3) is 3.61. The lowest BCUT2D eigenvalue weighted by Crippen LogP contribution is -2.43. The van der Waals surface area contributed by atoms with Crippen LogP contribution in [0.4, 0.5) is 0 Å². The lowest BCUT2D eigenvalue weighted by Gasteiger charge is -2.21. The van der Waals surface area contributed by atoms with Crippen LogP contribution in [0.2, 0.25) is 0 Å². The van der Waals surface area contributed by atoms with Crippen LogP contribution < -0.4 is 4.72 Å². The molecule has 3 atom stereocenters. The molecule has 1 aliphatic rings. The number of nitrogens with one attached hydrogen (secondary N) is 1. The molecule has 1 saturated carbocycles. The van der Waals surface area contributed by atoms with Gasteiger partial charge < -0.3 is 5.11 Å². The van der Waals surface area contributed by atoms with Gasteiger partial charge in [0.25, 0.3) is 0 Å². The molecular formula is C10H21NO3S2. The molecule has 0 aromatic heterocycles. The molecule has 1 rings (SSSR count). The van der Waals surface area contributed by atoms with Crippen molar-refractivity contribution in [1.82, 2.24) is 4.72 Å².